The zero-order valence-corrected chi connectivity index (χ0v) is 20.7. The maximum Gasteiger partial charge on any atom is 0.255 e. The molecule has 0 radical (unpaired) electrons. The quantitative estimate of drug-likeness (QED) is 0.181. The van der Waals surface area contributed by atoms with Crippen LogP contribution in [0.15, 0.2) is 94.9 Å². The molecule has 2 aromatic heterocycles. The summed E-state index contributed by atoms with van der Waals surface area (Å²) in [6, 6.07) is 25.7. The molecule has 0 bridgehead atoms. The van der Waals surface area contributed by atoms with Gasteiger partial charge in [-0.1, -0.05) is 47.5 Å². The van der Waals surface area contributed by atoms with Crippen LogP contribution in [-0.4, -0.2) is 25.8 Å². The molecule has 0 aliphatic rings. The number of anilines is 1. The van der Waals surface area contributed by atoms with E-state index in [2.05, 4.69) is 35.2 Å². The van der Waals surface area contributed by atoms with Gasteiger partial charge in [0.15, 0.2) is 0 Å². The van der Waals surface area contributed by atoms with E-state index in [0.29, 0.717) is 43.9 Å². The lowest BCUT2D eigenvalue weighted by Crippen LogP contribution is -2.12. The lowest BCUT2D eigenvalue weighted by Gasteiger charge is -2.08. The summed E-state index contributed by atoms with van der Waals surface area (Å²) < 4.78 is 0. The van der Waals surface area contributed by atoms with E-state index < -0.39 is 0 Å². The standard InChI is InChI=1S/C27H19Cl2N7O/c28-17-13-15(9-11-20(17)32-27-35-23-7-3-4-8-24(23)36-27)25(37)31-19-12-10-16(14-18(19)29)30-26-33-21-5-1-2-6-22(21)34-26/h1-14H,(H,31,37)(H2,30,33,34)(H2,32,35,36). The summed E-state index contributed by atoms with van der Waals surface area (Å²) in [5.41, 5.74) is 6.92. The van der Waals surface area contributed by atoms with Gasteiger partial charge in [-0.25, -0.2) is 9.98 Å². The van der Waals surface area contributed by atoms with Crippen molar-refractivity contribution in [2.24, 2.45) is 9.98 Å². The highest BCUT2D eigenvalue weighted by atomic mass is 35.5. The molecule has 4 aromatic carbocycles. The normalized spacial score (nSPS) is 11.1. The fourth-order valence-corrected chi connectivity index (χ4v) is 4.39. The smallest absolute Gasteiger partial charge is 0.255 e. The van der Waals surface area contributed by atoms with Crippen molar-refractivity contribution in [1.29, 1.82) is 0 Å². The molecule has 0 saturated heterocycles. The van der Waals surface area contributed by atoms with Crippen LogP contribution in [0, 0.1) is 0 Å². The first kappa shape index (κ1) is 22.9. The van der Waals surface area contributed by atoms with E-state index in [-0.39, 0.29) is 5.91 Å². The fourth-order valence-electron chi connectivity index (χ4n) is 3.94. The molecule has 2 heterocycles. The Bertz CT molecular complexity index is 1850. The van der Waals surface area contributed by atoms with Gasteiger partial charge in [0.1, 0.15) is 0 Å². The third-order valence-corrected chi connectivity index (χ3v) is 6.37. The van der Waals surface area contributed by atoms with Crippen molar-refractivity contribution < 1.29 is 4.79 Å². The Morgan fingerprint density at radius 1 is 0.649 bits per heavy atom. The molecule has 0 saturated carbocycles. The number of aromatic nitrogens is 4. The molecule has 182 valence electrons. The summed E-state index contributed by atoms with van der Waals surface area (Å²) in [5.74, 6) is -0.346. The molecule has 0 unspecified atom stereocenters. The highest BCUT2D eigenvalue weighted by molar-refractivity contribution is 6.34. The minimum atomic E-state index is -0.346. The number of para-hydroxylation sites is 4. The molecule has 0 aliphatic carbocycles. The van der Waals surface area contributed by atoms with Crippen LogP contribution in [0.1, 0.15) is 10.4 Å². The summed E-state index contributed by atoms with van der Waals surface area (Å²) in [5, 5.41) is 3.52. The van der Waals surface area contributed by atoms with Crippen LogP contribution < -0.4 is 16.6 Å². The van der Waals surface area contributed by atoms with Crippen molar-refractivity contribution in [2.45, 2.75) is 0 Å². The number of aromatic amines is 4. The van der Waals surface area contributed by atoms with Crippen LogP contribution in [0.5, 0.6) is 0 Å². The topological polar surface area (TPSA) is 117 Å². The van der Waals surface area contributed by atoms with Crippen LogP contribution in [0.4, 0.5) is 17.1 Å². The lowest BCUT2D eigenvalue weighted by molar-refractivity contribution is 0.102. The number of carbonyl (C=O) groups is 1. The Kier molecular flexibility index (Phi) is 5.88. The van der Waals surface area contributed by atoms with Gasteiger partial charge < -0.3 is 25.3 Å². The van der Waals surface area contributed by atoms with Crippen molar-refractivity contribution in [3.05, 3.63) is 112 Å². The van der Waals surface area contributed by atoms with E-state index in [1.165, 1.54) is 0 Å². The molecule has 0 aliphatic heterocycles. The molecule has 37 heavy (non-hydrogen) atoms. The molecule has 8 nitrogen and oxygen atoms in total. The second-order valence-electron chi connectivity index (χ2n) is 8.30. The number of nitrogens with one attached hydrogen (secondary N) is 5. The summed E-state index contributed by atoms with van der Waals surface area (Å²) in [7, 11) is 0. The first-order valence-electron chi connectivity index (χ1n) is 11.4. The summed E-state index contributed by atoms with van der Waals surface area (Å²) in [6.07, 6.45) is 0. The predicted octanol–water partition coefficient (Wildman–Crippen LogP) is 6.33. The van der Waals surface area contributed by atoms with Crippen molar-refractivity contribution in [2.75, 3.05) is 5.32 Å². The van der Waals surface area contributed by atoms with Gasteiger partial charge in [-0.3, -0.25) is 4.79 Å². The predicted molar refractivity (Wildman–Crippen MR) is 147 cm³/mol. The number of amides is 1. The number of carbonyl (C=O) groups excluding carboxylic acids is 1. The summed E-state index contributed by atoms with van der Waals surface area (Å²) >= 11 is 12.9. The SMILES string of the molecule is O=C(Nc1ccc(N=c2[nH]c3ccccc3[nH]2)cc1Cl)c1ccc(N=c2[nH]c3ccccc3[nH]2)c(Cl)c1. The van der Waals surface area contributed by atoms with E-state index in [1.54, 1.807) is 36.4 Å². The number of hydrogen-bond donors (Lipinski definition) is 5. The van der Waals surface area contributed by atoms with Gasteiger partial charge >= 0.3 is 0 Å². The van der Waals surface area contributed by atoms with E-state index in [1.807, 2.05) is 48.5 Å². The molecule has 0 atom stereocenters. The fraction of sp³-hybridized carbons (Fsp3) is 0. The molecular formula is C27H19Cl2N7O. The minimum Gasteiger partial charge on any atom is -0.324 e. The van der Waals surface area contributed by atoms with Crippen LogP contribution in [0.2, 0.25) is 10.0 Å². The number of imidazole rings is 2. The van der Waals surface area contributed by atoms with E-state index >= 15 is 0 Å². The summed E-state index contributed by atoms with van der Waals surface area (Å²) in [4.78, 5) is 34.7. The number of fused-ring (bicyclic) bond motifs is 2. The molecule has 0 fully saturated rings. The van der Waals surface area contributed by atoms with Gasteiger partial charge in [-0.05, 0) is 60.7 Å². The molecule has 5 N–H and O–H groups in total. The van der Waals surface area contributed by atoms with Gasteiger partial charge in [-0.2, -0.15) is 0 Å². The largest absolute Gasteiger partial charge is 0.324 e. The maximum absolute atomic E-state index is 12.9. The molecular weight excluding hydrogens is 509 g/mol. The number of hydrogen-bond acceptors (Lipinski definition) is 3. The van der Waals surface area contributed by atoms with Gasteiger partial charge in [0.2, 0.25) is 11.2 Å². The van der Waals surface area contributed by atoms with Gasteiger partial charge in [-0.15, -0.1) is 0 Å². The van der Waals surface area contributed by atoms with Crippen molar-refractivity contribution in [3.8, 4) is 0 Å². The first-order valence-corrected chi connectivity index (χ1v) is 12.1. The van der Waals surface area contributed by atoms with E-state index in [4.69, 9.17) is 23.2 Å². The molecule has 0 spiro atoms. The van der Waals surface area contributed by atoms with E-state index in [9.17, 15) is 4.79 Å². The monoisotopic (exact) mass is 527 g/mol. The number of halogens is 2. The average Bonchev–Trinajstić information content (AvgIpc) is 3.49. The zero-order valence-electron chi connectivity index (χ0n) is 19.1. The van der Waals surface area contributed by atoms with Gasteiger partial charge in [0.25, 0.3) is 5.91 Å². The lowest BCUT2D eigenvalue weighted by atomic mass is 10.2. The van der Waals surface area contributed by atoms with Crippen LogP contribution >= 0.6 is 23.2 Å². The molecule has 6 aromatic rings. The number of nitrogens with zero attached hydrogens (tertiary/aromatic N) is 2. The zero-order chi connectivity index (χ0) is 25.4. The highest BCUT2D eigenvalue weighted by Crippen LogP contribution is 2.29. The van der Waals surface area contributed by atoms with Crippen molar-refractivity contribution in [3.63, 3.8) is 0 Å². The van der Waals surface area contributed by atoms with Crippen LogP contribution in [0.25, 0.3) is 22.1 Å². The Hall–Kier alpha value is -4.53. The second kappa shape index (κ2) is 9.50. The van der Waals surface area contributed by atoms with E-state index in [0.717, 1.165) is 22.1 Å². The third kappa shape index (κ3) is 4.80. The number of rotatable bonds is 4. The van der Waals surface area contributed by atoms with Gasteiger partial charge in [0.05, 0.1) is 49.2 Å². The number of H-pyrrole nitrogens is 4. The summed E-state index contributed by atoms with van der Waals surface area (Å²) in [6.45, 7) is 0. The Balaban J connectivity index is 1.21. The Morgan fingerprint density at radius 2 is 1.22 bits per heavy atom. The Morgan fingerprint density at radius 3 is 1.76 bits per heavy atom. The minimum absolute atomic E-state index is 0.342. The number of benzene rings is 4. The molecule has 6 rings (SSSR count). The first-order chi connectivity index (χ1) is 18.0. The van der Waals surface area contributed by atoms with Gasteiger partial charge in [0, 0.05) is 5.56 Å². The van der Waals surface area contributed by atoms with Crippen molar-refractivity contribution in [1.82, 2.24) is 19.9 Å². The maximum atomic E-state index is 12.9. The van der Waals surface area contributed by atoms with Crippen LogP contribution in [-0.2, 0) is 0 Å². The molecule has 1 amide bonds. The second-order valence-corrected chi connectivity index (χ2v) is 9.11. The van der Waals surface area contributed by atoms with Crippen LogP contribution in [0.3, 0.4) is 0 Å². The average molecular weight is 528 g/mol. The Labute approximate surface area is 219 Å². The highest BCUT2D eigenvalue weighted by Gasteiger charge is 2.12. The van der Waals surface area contributed by atoms with Crippen molar-refractivity contribution >= 4 is 68.2 Å². The third-order valence-electron chi connectivity index (χ3n) is 5.75. The molecule has 10 heteroatoms.